The number of hydrogen-bond donors (Lipinski definition) is 2. The summed E-state index contributed by atoms with van der Waals surface area (Å²) >= 11 is 0. The Labute approximate surface area is 287 Å². The zero-order valence-corrected chi connectivity index (χ0v) is 27.5. The second kappa shape index (κ2) is 12.7. The van der Waals surface area contributed by atoms with Gasteiger partial charge in [-0.1, -0.05) is 24.3 Å². The van der Waals surface area contributed by atoms with Gasteiger partial charge in [0.1, 0.15) is 30.4 Å². The lowest BCUT2D eigenvalue weighted by Gasteiger charge is -2.16. The van der Waals surface area contributed by atoms with Crippen molar-refractivity contribution in [3.63, 3.8) is 0 Å². The summed E-state index contributed by atoms with van der Waals surface area (Å²) in [5.41, 5.74) is 5.16. The molecule has 2 aromatic heterocycles. The van der Waals surface area contributed by atoms with E-state index >= 15 is 0 Å². The third-order valence-corrected chi connectivity index (χ3v) is 9.80. The lowest BCUT2D eigenvalue weighted by molar-refractivity contribution is -0.603. The van der Waals surface area contributed by atoms with Gasteiger partial charge < -0.3 is 34.6 Å². The number of nitrogens with zero attached hydrogens (tertiary/aromatic N) is 6. The van der Waals surface area contributed by atoms with Gasteiger partial charge in [-0.15, -0.1) is 15.2 Å². The van der Waals surface area contributed by atoms with Gasteiger partial charge in [-0.25, -0.2) is 29.8 Å². The van der Waals surface area contributed by atoms with E-state index in [0.29, 0.717) is 0 Å². The summed E-state index contributed by atoms with van der Waals surface area (Å²) in [7, 11) is -15.5. The standard InChI is InChI=1S/C29H20N8O11S3/c30-27-32-28(34-29(33-27)37-13-3-4-15(14-37)26(38)39)31-19-10-9-18(16-5-1-7-22(24(16)19)50(43,44)45)35-36-20-11-12-21(49(40,41)42)17-6-2-8-23(25(17)20)51(46,47)48/h1-14H,(H6-,30,31,32,33,34,36,38,39,40,41,42,43,44,45,46,47,48)/p-3. The first-order valence-corrected chi connectivity index (χ1v) is 18.1. The van der Waals surface area contributed by atoms with E-state index in [1.54, 1.807) is 0 Å². The Morgan fingerprint density at radius 2 is 1.29 bits per heavy atom. The quantitative estimate of drug-likeness (QED) is 0.119. The molecule has 0 amide bonds. The average Bonchev–Trinajstić information content (AvgIpc) is 3.05. The van der Waals surface area contributed by atoms with Gasteiger partial charge in [0.2, 0.25) is 0 Å². The average molecular weight is 750 g/mol. The third-order valence-electron chi connectivity index (χ3n) is 7.15. The van der Waals surface area contributed by atoms with Gasteiger partial charge in [-0.3, -0.25) is 0 Å². The summed E-state index contributed by atoms with van der Waals surface area (Å²) in [6.45, 7) is 0. The van der Waals surface area contributed by atoms with E-state index in [2.05, 4.69) is 30.5 Å². The maximum absolute atomic E-state index is 12.4. The van der Waals surface area contributed by atoms with E-state index in [4.69, 9.17) is 5.73 Å². The van der Waals surface area contributed by atoms with Gasteiger partial charge in [0.15, 0.2) is 0 Å². The van der Waals surface area contributed by atoms with E-state index in [0.717, 1.165) is 42.6 Å². The van der Waals surface area contributed by atoms with Crippen molar-refractivity contribution in [1.82, 2.24) is 15.0 Å². The molecule has 4 aromatic carbocycles. The molecule has 51 heavy (non-hydrogen) atoms. The van der Waals surface area contributed by atoms with Crippen molar-refractivity contribution in [2.24, 2.45) is 10.2 Å². The van der Waals surface area contributed by atoms with Crippen LogP contribution in [0.2, 0.25) is 0 Å². The third kappa shape index (κ3) is 7.03. The van der Waals surface area contributed by atoms with Gasteiger partial charge in [0.05, 0.1) is 50.1 Å². The molecular weight excluding hydrogens is 733 g/mol. The monoisotopic (exact) mass is 749 g/mol. The van der Waals surface area contributed by atoms with Crippen molar-refractivity contribution in [2.45, 2.75) is 14.7 Å². The van der Waals surface area contributed by atoms with Crippen molar-refractivity contribution in [3.8, 4) is 5.95 Å². The van der Waals surface area contributed by atoms with Crippen LogP contribution in [-0.4, -0.2) is 59.8 Å². The number of nitrogen functional groups attached to an aromatic ring is 1. The van der Waals surface area contributed by atoms with Crippen LogP contribution >= 0.6 is 0 Å². The zero-order valence-electron chi connectivity index (χ0n) is 25.1. The van der Waals surface area contributed by atoms with E-state index in [1.807, 2.05) is 0 Å². The minimum atomic E-state index is -5.23. The molecular formula is C29H17N8O11S3-3. The van der Waals surface area contributed by atoms with Crippen molar-refractivity contribution in [3.05, 3.63) is 90.8 Å². The minimum absolute atomic E-state index is 0.00121. The Morgan fingerprint density at radius 1 is 0.686 bits per heavy atom. The van der Waals surface area contributed by atoms with Crippen molar-refractivity contribution in [2.75, 3.05) is 11.1 Å². The Kier molecular flexibility index (Phi) is 8.66. The summed E-state index contributed by atoms with van der Waals surface area (Å²) in [6, 6.07) is 13.7. The van der Waals surface area contributed by atoms with Crippen molar-refractivity contribution in [1.29, 1.82) is 0 Å². The number of benzene rings is 4. The molecule has 3 N–H and O–H groups in total. The first-order valence-electron chi connectivity index (χ1n) is 13.8. The number of aromatic carboxylic acids is 1. The number of pyridine rings is 1. The summed E-state index contributed by atoms with van der Waals surface area (Å²) < 4.78 is 110. The topological polar surface area (TPSA) is 317 Å². The molecule has 0 unspecified atom stereocenters. The second-order valence-corrected chi connectivity index (χ2v) is 14.4. The highest BCUT2D eigenvalue weighted by atomic mass is 32.2. The SMILES string of the molecule is Nc1nc(Nc2ccc(N=Nc3ccc(S(=O)(=O)[O-])c4cccc(S(=O)(=O)[O-])c34)c3cccc(S(=O)(=O)[O-])c23)nc(-[n+]2cccc(C(=O)[O-])c2)n1. The number of fused-ring (bicyclic) bond motifs is 2. The Balaban J connectivity index is 1.51. The fraction of sp³-hybridized carbons (Fsp3) is 0. The Morgan fingerprint density at radius 3 is 1.94 bits per heavy atom. The maximum Gasteiger partial charge on any atom is 0.444 e. The largest absolute Gasteiger partial charge is 0.744 e. The predicted octanol–water partition coefficient (Wildman–Crippen LogP) is 1.27. The van der Waals surface area contributed by atoms with Crippen LogP contribution in [0.3, 0.4) is 0 Å². The summed E-state index contributed by atoms with van der Waals surface area (Å²) in [6.07, 6.45) is 2.56. The van der Waals surface area contributed by atoms with Crippen molar-refractivity contribution >= 4 is 86.8 Å². The zero-order chi connectivity index (χ0) is 36.9. The number of azo groups is 1. The molecule has 260 valence electrons. The molecule has 0 aliphatic carbocycles. The van der Waals surface area contributed by atoms with Gasteiger partial charge in [0.25, 0.3) is 0 Å². The first-order chi connectivity index (χ1) is 23.9. The number of rotatable bonds is 9. The number of carbonyl (C=O) groups excluding carboxylic acids is 1. The summed E-state index contributed by atoms with van der Waals surface area (Å²) in [5, 5.41) is 21.1. The molecule has 22 heteroatoms. The van der Waals surface area contributed by atoms with E-state index in [9.17, 15) is 48.8 Å². The number of nitrogens with two attached hydrogens (primary N) is 1. The van der Waals surface area contributed by atoms with Crippen LogP contribution in [0.1, 0.15) is 10.4 Å². The molecule has 6 rings (SSSR count). The fourth-order valence-electron chi connectivity index (χ4n) is 5.10. The molecule has 6 aromatic rings. The lowest BCUT2D eigenvalue weighted by atomic mass is 10.1. The van der Waals surface area contributed by atoms with E-state index < -0.39 is 61.8 Å². The van der Waals surface area contributed by atoms with E-state index in [-0.39, 0.29) is 51.2 Å². The molecule has 0 aliphatic rings. The Hall–Kier alpha value is -6.04. The lowest BCUT2D eigenvalue weighted by Crippen LogP contribution is -2.36. The van der Waals surface area contributed by atoms with Gasteiger partial charge in [-0.2, -0.15) is 0 Å². The predicted molar refractivity (Wildman–Crippen MR) is 169 cm³/mol. The highest BCUT2D eigenvalue weighted by Crippen LogP contribution is 2.40. The second-order valence-electron chi connectivity index (χ2n) is 10.4. The molecule has 0 aliphatic heterocycles. The van der Waals surface area contributed by atoms with Crippen LogP contribution in [0.5, 0.6) is 0 Å². The number of carbonyl (C=O) groups is 1. The van der Waals surface area contributed by atoms with Crippen LogP contribution in [0, 0.1) is 0 Å². The molecule has 0 spiro atoms. The van der Waals surface area contributed by atoms with Crippen LogP contribution in [0.4, 0.5) is 29.0 Å². The molecule has 0 radical (unpaired) electrons. The number of aromatic nitrogens is 4. The van der Waals surface area contributed by atoms with Crippen LogP contribution in [-0.2, 0) is 30.4 Å². The van der Waals surface area contributed by atoms with Crippen LogP contribution in [0.15, 0.2) is 110 Å². The molecule has 0 saturated carbocycles. The van der Waals surface area contributed by atoms with Crippen LogP contribution in [0.25, 0.3) is 27.5 Å². The molecule has 2 heterocycles. The summed E-state index contributed by atoms with van der Waals surface area (Å²) in [4.78, 5) is 21.1. The highest BCUT2D eigenvalue weighted by Gasteiger charge is 2.21. The van der Waals surface area contributed by atoms with Gasteiger partial charge in [0, 0.05) is 27.1 Å². The minimum Gasteiger partial charge on any atom is -0.744 e. The molecule has 19 nitrogen and oxygen atoms in total. The Bertz CT molecular complexity index is 2820. The van der Waals surface area contributed by atoms with Crippen LogP contribution < -0.4 is 20.7 Å². The molecule has 0 bridgehead atoms. The number of hydrogen-bond acceptors (Lipinski definition) is 18. The number of carboxylic acid groups (broad SMARTS) is 1. The first kappa shape index (κ1) is 34.8. The molecule has 0 saturated heterocycles. The molecule has 0 fully saturated rings. The number of nitrogens with one attached hydrogen (secondary N) is 1. The fourth-order valence-corrected chi connectivity index (χ4v) is 7.20. The highest BCUT2D eigenvalue weighted by molar-refractivity contribution is 7.86. The van der Waals surface area contributed by atoms with Gasteiger partial charge in [-0.05, 0) is 58.5 Å². The van der Waals surface area contributed by atoms with Crippen molar-refractivity contribution < 1.29 is 53.4 Å². The normalized spacial score (nSPS) is 12.5. The molecule has 0 atom stereocenters. The van der Waals surface area contributed by atoms with Gasteiger partial charge >= 0.3 is 17.8 Å². The number of carboxylic acids is 1. The smallest absolute Gasteiger partial charge is 0.444 e. The maximum atomic E-state index is 12.4. The number of anilines is 3. The van der Waals surface area contributed by atoms with E-state index in [1.165, 1.54) is 47.2 Å². The summed E-state index contributed by atoms with van der Waals surface area (Å²) in [5.74, 6) is -2.22.